The Balaban J connectivity index is 1.60. The minimum absolute atomic E-state index is 0.218. The number of piperidine rings is 1. The molecule has 0 aromatic rings. The van der Waals surface area contributed by atoms with Crippen LogP contribution in [0, 0.1) is 5.41 Å². The molecule has 2 heterocycles. The molecule has 0 aromatic heterocycles. The van der Waals surface area contributed by atoms with E-state index < -0.39 is 18.1 Å². The molecule has 0 aromatic carbocycles. The van der Waals surface area contributed by atoms with E-state index >= 15 is 0 Å². The first-order valence-corrected chi connectivity index (χ1v) is 7.01. The number of rotatable bonds is 4. The molecule has 1 saturated carbocycles. The van der Waals surface area contributed by atoms with Gasteiger partial charge in [0.1, 0.15) is 6.04 Å². The Morgan fingerprint density at radius 1 is 1.30 bits per heavy atom. The molecule has 1 unspecified atom stereocenters. The lowest BCUT2D eigenvalue weighted by Crippen LogP contribution is -2.42. The summed E-state index contributed by atoms with van der Waals surface area (Å²) in [4.78, 5) is 23.4. The first-order valence-electron chi connectivity index (χ1n) is 7.01. The van der Waals surface area contributed by atoms with Crippen LogP contribution in [-0.4, -0.2) is 58.8 Å². The van der Waals surface area contributed by atoms with Crippen LogP contribution in [0.4, 0.5) is 4.79 Å². The summed E-state index contributed by atoms with van der Waals surface area (Å²) in [5.74, 6) is -1.08. The predicted octanol–water partition coefficient (Wildman–Crippen LogP) is 1.13. The minimum atomic E-state index is -1.16. The molecule has 0 radical (unpaired) electrons. The molecule has 7 heteroatoms. The van der Waals surface area contributed by atoms with Gasteiger partial charge < -0.3 is 19.7 Å². The molecular formula is C13H19NO6. The topological polar surface area (TPSA) is 96.3 Å². The van der Waals surface area contributed by atoms with Crippen LogP contribution in [0.15, 0.2) is 0 Å². The Hall–Kier alpha value is -1.34. The molecule has 0 spiro atoms. The fourth-order valence-electron chi connectivity index (χ4n) is 3.43. The number of ether oxygens (including phenoxy) is 2. The number of carboxylic acids is 1. The third kappa shape index (κ3) is 2.25. The van der Waals surface area contributed by atoms with E-state index in [-0.39, 0.29) is 17.7 Å². The molecule has 0 bridgehead atoms. The molecule has 7 nitrogen and oxygen atoms in total. The smallest absolute Gasteiger partial charge is 0.408 e. The number of hydrogen-bond acceptors (Lipinski definition) is 4. The number of aliphatic carboxylic acids is 1. The van der Waals surface area contributed by atoms with Crippen molar-refractivity contribution in [2.24, 2.45) is 5.41 Å². The maximum absolute atomic E-state index is 11.2. The van der Waals surface area contributed by atoms with Gasteiger partial charge >= 0.3 is 12.1 Å². The molecule has 1 amide bonds. The van der Waals surface area contributed by atoms with E-state index in [9.17, 15) is 9.59 Å². The zero-order valence-corrected chi connectivity index (χ0v) is 11.2. The van der Waals surface area contributed by atoms with E-state index in [1.165, 1.54) is 0 Å². The summed E-state index contributed by atoms with van der Waals surface area (Å²) in [6, 6.07) is -1.16. The van der Waals surface area contributed by atoms with Gasteiger partial charge in [-0.1, -0.05) is 0 Å². The first kappa shape index (κ1) is 13.6. The SMILES string of the molecule is O=C(O)[C@@H]1C[C@@]2(COC3CCCCO3)C[C@H]2N1C(=O)O. The lowest BCUT2D eigenvalue weighted by molar-refractivity contribution is -0.171. The van der Waals surface area contributed by atoms with Crippen molar-refractivity contribution in [3.63, 3.8) is 0 Å². The highest BCUT2D eigenvalue weighted by Crippen LogP contribution is 2.59. The molecule has 3 rings (SSSR count). The number of carbonyl (C=O) groups is 2. The van der Waals surface area contributed by atoms with Crippen LogP contribution in [0.5, 0.6) is 0 Å². The quantitative estimate of drug-likeness (QED) is 0.803. The summed E-state index contributed by atoms with van der Waals surface area (Å²) in [7, 11) is 0. The summed E-state index contributed by atoms with van der Waals surface area (Å²) in [6.45, 7) is 1.08. The maximum atomic E-state index is 11.2. The van der Waals surface area contributed by atoms with Crippen molar-refractivity contribution in [2.45, 2.75) is 50.5 Å². The van der Waals surface area contributed by atoms with Gasteiger partial charge in [-0.2, -0.15) is 0 Å². The third-order valence-electron chi connectivity index (χ3n) is 4.62. The van der Waals surface area contributed by atoms with Gasteiger partial charge in [-0.05, 0) is 32.1 Å². The second kappa shape index (κ2) is 4.89. The average Bonchev–Trinajstić information content (AvgIpc) is 3.02. The van der Waals surface area contributed by atoms with Crippen LogP contribution in [0.25, 0.3) is 0 Å². The molecule has 112 valence electrons. The summed E-state index contributed by atoms with van der Waals surface area (Å²) in [5.41, 5.74) is -0.317. The zero-order chi connectivity index (χ0) is 14.3. The van der Waals surface area contributed by atoms with E-state index in [1.54, 1.807) is 0 Å². The fourth-order valence-corrected chi connectivity index (χ4v) is 3.43. The Morgan fingerprint density at radius 3 is 2.65 bits per heavy atom. The van der Waals surface area contributed by atoms with E-state index in [4.69, 9.17) is 19.7 Å². The van der Waals surface area contributed by atoms with Crippen molar-refractivity contribution in [2.75, 3.05) is 13.2 Å². The van der Waals surface area contributed by atoms with Crippen LogP contribution in [0.1, 0.15) is 32.1 Å². The van der Waals surface area contributed by atoms with Gasteiger partial charge in [-0.15, -0.1) is 0 Å². The number of hydrogen-bond donors (Lipinski definition) is 2. The van der Waals surface area contributed by atoms with Crippen LogP contribution >= 0.6 is 0 Å². The molecule has 3 aliphatic rings. The monoisotopic (exact) mass is 285 g/mol. The van der Waals surface area contributed by atoms with E-state index in [2.05, 4.69) is 0 Å². The van der Waals surface area contributed by atoms with Gasteiger partial charge in [0.05, 0.1) is 6.61 Å². The first-order chi connectivity index (χ1) is 9.53. The molecule has 4 atom stereocenters. The number of fused-ring (bicyclic) bond motifs is 1. The van der Waals surface area contributed by atoms with Crippen molar-refractivity contribution < 1.29 is 29.3 Å². The predicted molar refractivity (Wildman–Crippen MR) is 66.3 cm³/mol. The van der Waals surface area contributed by atoms with Crippen molar-refractivity contribution in [3.05, 3.63) is 0 Å². The number of likely N-dealkylation sites (tertiary alicyclic amines) is 1. The van der Waals surface area contributed by atoms with Crippen molar-refractivity contribution in [3.8, 4) is 0 Å². The Labute approximate surface area is 116 Å². The Morgan fingerprint density at radius 2 is 2.10 bits per heavy atom. The second-order valence-electron chi connectivity index (χ2n) is 5.94. The highest BCUT2D eigenvalue weighted by molar-refractivity contribution is 5.81. The molecule has 1 aliphatic carbocycles. The van der Waals surface area contributed by atoms with E-state index in [0.717, 1.165) is 24.2 Å². The molecule has 3 fully saturated rings. The second-order valence-corrected chi connectivity index (χ2v) is 5.94. The molecular weight excluding hydrogens is 266 g/mol. The largest absolute Gasteiger partial charge is 0.480 e. The normalized spacial score (nSPS) is 39.4. The third-order valence-corrected chi connectivity index (χ3v) is 4.62. The average molecular weight is 285 g/mol. The van der Waals surface area contributed by atoms with Crippen LogP contribution in [0.3, 0.4) is 0 Å². The molecule has 20 heavy (non-hydrogen) atoms. The van der Waals surface area contributed by atoms with Gasteiger partial charge in [0.25, 0.3) is 0 Å². The van der Waals surface area contributed by atoms with Gasteiger partial charge in [0.15, 0.2) is 6.29 Å². The Bertz CT molecular complexity index is 421. The zero-order valence-electron chi connectivity index (χ0n) is 11.2. The van der Waals surface area contributed by atoms with Gasteiger partial charge in [-0.25, -0.2) is 9.59 Å². The summed E-state index contributed by atoms with van der Waals surface area (Å²) < 4.78 is 11.2. The van der Waals surface area contributed by atoms with Gasteiger partial charge in [0.2, 0.25) is 0 Å². The number of amides is 1. The summed E-state index contributed by atoms with van der Waals surface area (Å²) >= 11 is 0. The minimum Gasteiger partial charge on any atom is -0.480 e. The lowest BCUT2D eigenvalue weighted by Gasteiger charge is -2.24. The molecule has 2 aliphatic heterocycles. The lowest BCUT2D eigenvalue weighted by atomic mass is 10.0. The van der Waals surface area contributed by atoms with Gasteiger partial charge in [-0.3, -0.25) is 4.90 Å². The van der Waals surface area contributed by atoms with E-state index in [0.29, 0.717) is 26.1 Å². The van der Waals surface area contributed by atoms with E-state index in [1.807, 2.05) is 0 Å². The highest BCUT2D eigenvalue weighted by atomic mass is 16.7. The standard InChI is InChI=1S/C13H19NO6/c15-11(16)8-5-13(6-9(13)14(8)12(17)18)7-20-10-3-1-2-4-19-10/h8-10H,1-7H2,(H,15,16)(H,17,18)/t8-,9+,10?,13-/m0/s1. The van der Waals surface area contributed by atoms with Crippen molar-refractivity contribution >= 4 is 12.1 Å². The fraction of sp³-hybridized carbons (Fsp3) is 0.846. The van der Waals surface area contributed by atoms with Gasteiger partial charge in [0, 0.05) is 18.1 Å². The highest BCUT2D eigenvalue weighted by Gasteiger charge is 2.68. The van der Waals surface area contributed by atoms with Crippen LogP contribution in [0.2, 0.25) is 0 Å². The summed E-state index contributed by atoms with van der Waals surface area (Å²) in [5, 5.41) is 18.3. The molecule has 2 N–H and O–H groups in total. The van der Waals surface area contributed by atoms with Crippen LogP contribution < -0.4 is 0 Å². The number of nitrogens with zero attached hydrogens (tertiary/aromatic N) is 1. The maximum Gasteiger partial charge on any atom is 0.408 e. The number of carboxylic acid groups (broad SMARTS) is 2. The van der Waals surface area contributed by atoms with Crippen molar-refractivity contribution in [1.82, 2.24) is 4.90 Å². The summed E-state index contributed by atoms with van der Waals surface area (Å²) in [6.07, 6.45) is 2.62. The van der Waals surface area contributed by atoms with Crippen molar-refractivity contribution in [1.29, 1.82) is 0 Å². The molecule has 2 saturated heterocycles. The Kier molecular flexibility index (Phi) is 3.33. The van der Waals surface area contributed by atoms with Crippen LogP contribution in [-0.2, 0) is 14.3 Å².